The highest BCUT2D eigenvalue weighted by molar-refractivity contribution is 9.10. The van der Waals surface area contributed by atoms with E-state index in [1.54, 1.807) is 26.0 Å². The van der Waals surface area contributed by atoms with Crippen LogP contribution in [0.25, 0.3) is 0 Å². The normalized spacial score (nSPS) is 12.0. The van der Waals surface area contributed by atoms with Crippen molar-refractivity contribution in [3.8, 4) is 11.5 Å². The minimum Gasteiger partial charge on any atom is -0.490 e. The van der Waals surface area contributed by atoms with Crippen molar-refractivity contribution < 1.29 is 23.5 Å². The van der Waals surface area contributed by atoms with Gasteiger partial charge in [0.1, 0.15) is 11.9 Å². The number of hydrogen-bond donors (Lipinski definition) is 2. The molecule has 2 aromatic carbocycles. The zero-order valence-electron chi connectivity index (χ0n) is 19.2. The van der Waals surface area contributed by atoms with Crippen LogP contribution >= 0.6 is 15.9 Å². The van der Waals surface area contributed by atoms with Crippen molar-refractivity contribution in [1.82, 2.24) is 10.7 Å². The Kier molecular flexibility index (Phi) is 10.3. The van der Waals surface area contributed by atoms with Crippen molar-refractivity contribution in [2.75, 3.05) is 13.2 Å². The molecule has 0 bridgehead atoms. The number of rotatable bonds is 11. The van der Waals surface area contributed by atoms with Gasteiger partial charge in [-0.05, 0) is 77.2 Å². The zero-order valence-corrected chi connectivity index (χ0v) is 20.7. The van der Waals surface area contributed by atoms with Gasteiger partial charge in [-0.3, -0.25) is 9.59 Å². The van der Waals surface area contributed by atoms with Gasteiger partial charge in [-0.2, -0.15) is 5.10 Å². The van der Waals surface area contributed by atoms with Crippen LogP contribution in [0.15, 0.2) is 46.0 Å². The van der Waals surface area contributed by atoms with E-state index in [1.807, 2.05) is 13.8 Å². The minimum absolute atomic E-state index is 0.196. The molecule has 0 fully saturated rings. The molecule has 2 rings (SSSR count). The standard InChI is InChI=1S/C24H29BrFN3O4/c1-5-11-33-22-19(25)12-16(13-20(22)32-6-2)14-27-29-24(31)21(15(3)4)28-23(30)17-7-9-18(26)10-8-17/h7-10,12-15,21H,5-6,11H2,1-4H3,(H,28,30)(H,29,31)/b27-14+. The van der Waals surface area contributed by atoms with E-state index >= 15 is 0 Å². The maximum absolute atomic E-state index is 13.1. The van der Waals surface area contributed by atoms with Crippen molar-refractivity contribution in [3.63, 3.8) is 0 Å². The fourth-order valence-corrected chi connectivity index (χ4v) is 3.44. The summed E-state index contributed by atoms with van der Waals surface area (Å²) in [5.41, 5.74) is 3.41. The first-order chi connectivity index (χ1) is 15.8. The summed E-state index contributed by atoms with van der Waals surface area (Å²) in [5.74, 6) is -0.395. The summed E-state index contributed by atoms with van der Waals surface area (Å²) < 4.78 is 25.2. The van der Waals surface area contributed by atoms with Crippen molar-refractivity contribution in [2.45, 2.75) is 40.2 Å². The molecule has 2 N–H and O–H groups in total. The van der Waals surface area contributed by atoms with Crippen molar-refractivity contribution in [2.24, 2.45) is 11.0 Å². The monoisotopic (exact) mass is 521 g/mol. The molecule has 0 aliphatic carbocycles. The first-order valence-electron chi connectivity index (χ1n) is 10.7. The Morgan fingerprint density at radius 3 is 2.45 bits per heavy atom. The lowest BCUT2D eigenvalue weighted by Gasteiger charge is -2.20. The number of hydrogen-bond acceptors (Lipinski definition) is 5. The Morgan fingerprint density at radius 2 is 1.85 bits per heavy atom. The highest BCUT2D eigenvalue weighted by atomic mass is 79.9. The predicted octanol–water partition coefficient (Wildman–Crippen LogP) is 4.68. The molecule has 2 amide bonds. The summed E-state index contributed by atoms with van der Waals surface area (Å²) >= 11 is 3.49. The number of benzene rings is 2. The molecule has 0 saturated heterocycles. The van der Waals surface area contributed by atoms with E-state index in [2.05, 4.69) is 31.8 Å². The molecule has 0 spiro atoms. The molecular weight excluding hydrogens is 493 g/mol. The van der Waals surface area contributed by atoms with Crippen LogP contribution in [0.1, 0.15) is 50.0 Å². The van der Waals surface area contributed by atoms with Crippen molar-refractivity contribution in [3.05, 3.63) is 57.8 Å². The number of amides is 2. The van der Waals surface area contributed by atoms with Crippen LogP contribution in [0.5, 0.6) is 11.5 Å². The van der Waals surface area contributed by atoms with Crippen molar-refractivity contribution >= 4 is 34.0 Å². The van der Waals surface area contributed by atoms with Gasteiger partial charge < -0.3 is 14.8 Å². The van der Waals surface area contributed by atoms with Crippen LogP contribution in [-0.4, -0.2) is 37.3 Å². The van der Waals surface area contributed by atoms with E-state index in [0.717, 1.165) is 6.42 Å². The summed E-state index contributed by atoms with van der Waals surface area (Å²) in [7, 11) is 0. The minimum atomic E-state index is -0.824. The second-order valence-electron chi connectivity index (χ2n) is 7.55. The van der Waals surface area contributed by atoms with Gasteiger partial charge in [0.2, 0.25) is 0 Å². The third-order valence-corrected chi connectivity index (χ3v) is 5.10. The first kappa shape index (κ1) is 26.3. The van der Waals surface area contributed by atoms with E-state index in [-0.39, 0.29) is 11.5 Å². The van der Waals surface area contributed by atoms with Crippen LogP contribution in [-0.2, 0) is 4.79 Å². The second kappa shape index (κ2) is 12.9. The van der Waals surface area contributed by atoms with Gasteiger partial charge in [0.05, 0.1) is 23.9 Å². The second-order valence-corrected chi connectivity index (χ2v) is 8.40. The van der Waals surface area contributed by atoms with Gasteiger partial charge in [0.25, 0.3) is 11.8 Å². The highest BCUT2D eigenvalue weighted by Gasteiger charge is 2.24. The number of nitrogens with zero attached hydrogens (tertiary/aromatic N) is 1. The molecule has 33 heavy (non-hydrogen) atoms. The van der Waals surface area contributed by atoms with E-state index < -0.39 is 23.7 Å². The lowest BCUT2D eigenvalue weighted by molar-refractivity contribution is -0.123. The molecule has 0 heterocycles. The number of halogens is 2. The fraction of sp³-hybridized carbons (Fsp3) is 0.375. The number of carbonyl (C=O) groups is 2. The molecule has 0 aromatic heterocycles. The topological polar surface area (TPSA) is 89.0 Å². The SMILES string of the molecule is CCCOc1c(Br)cc(/C=N/NC(=O)C(NC(=O)c2ccc(F)cc2)C(C)C)cc1OCC. The Bertz CT molecular complexity index is 980. The highest BCUT2D eigenvalue weighted by Crippen LogP contribution is 2.36. The third kappa shape index (κ3) is 7.85. The molecule has 0 saturated carbocycles. The van der Waals surface area contributed by atoms with E-state index in [1.165, 1.54) is 30.5 Å². The molecule has 9 heteroatoms. The fourth-order valence-electron chi connectivity index (χ4n) is 2.87. The Morgan fingerprint density at radius 1 is 1.15 bits per heavy atom. The van der Waals surface area contributed by atoms with Crippen LogP contribution < -0.4 is 20.2 Å². The van der Waals surface area contributed by atoms with Gasteiger partial charge >= 0.3 is 0 Å². The Balaban J connectivity index is 2.09. The van der Waals surface area contributed by atoms with Crippen LogP contribution in [0, 0.1) is 11.7 Å². The lowest BCUT2D eigenvalue weighted by Crippen LogP contribution is -2.48. The Hall–Kier alpha value is -2.94. The smallest absolute Gasteiger partial charge is 0.262 e. The van der Waals surface area contributed by atoms with Gasteiger partial charge in [-0.1, -0.05) is 20.8 Å². The molecule has 2 aromatic rings. The van der Waals surface area contributed by atoms with Crippen LogP contribution in [0.2, 0.25) is 0 Å². The maximum atomic E-state index is 13.1. The molecule has 7 nitrogen and oxygen atoms in total. The van der Waals surface area contributed by atoms with E-state index in [0.29, 0.717) is 34.7 Å². The van der Waals surface area contributed by atoms with Gasteiger partial charge in [0, 0.05) is 5.56 Å². The molecule has 178 valence electrons. The summed E-state index contributed by atoms with van der Waals surface area (Å²) in [4.78, 5) is 25.1. The average Bonchev–Trinajstić information content (AvgIpc) is 2.77. The Labute approximate surface area is 201 Å². The maximum Gasteiger partial charge on any atom is 0.262 e. The number of hydrazone groups is 1. The predicted molar refractivity (Wildman–Crippen MR) is 129 cm³/mol. The third-order valence-electron chi connectivity index (χ3n) is 4.51. The average molecular weight is 522 g/mol. The molecule has 0 aliphatic rings. The summed E-state index contributed by atoms with van der Waals surface area (Å²) in [5, 5.41) is 6.70. The van der Waals surface area contributed by atoms with Gasteiger partial charge in [-0.15, -0.1) is 0 Å². The molecule has 0 aliphatic heterocycles. The van der Waals surface area contributed by atoms with Gasteiger partial charge in [-0.25, -0.2) is 9.82 Å². The van der Waals surface area contributed by atoms with Crippen molar-refractivity contribution in [1.29, 1.82) is 0 Å². The first-order valence-corrected chi connectivity index (χ1v) is 11.5. The quantitative estimate of drug-likeness (QED) is 0.331. The molecule has 1 atom stereocenters. The van der Waals surface area contributed by atoms with Gasteiger partial charge in [0.15, 0.2) is 11.5 Å². The summed E-state index contributed by atoms with van der Waals surface area (Å²) in [6.07, 6.45) is 2.34. The number of nitrogens with one attached hydrogen (secondary N) is 2. The van der Waals surface area contributed by atoms with Crippen LogP contribution in [0.4, 0.5) is 4.39 Å². The molecular formula is C24H29BrFN3O4. The van der Waals surface area contributed by atoms with E-state index in [4.69, 9.17) is 9.47 Å². The molecule has 1 unspecified atom stereocenters. The molecule has 0 radical (unpaired) electrons. The van der Waals surface area contributed by atoms with E-state index in [9.17, 15) is 14.0 Å². The number of ether oxygens (including phenoxy) is 2. The van der Waals surface area contributed by atoms with Crippen LogP contribution in [0.3, 0.4) is 0 Å². The summed E-state index contributed by atoms with van der Waals surface area (Å²) in [6, 6.07) is 7.85. The summed E-state index contributed by atoms with van der Waals surface area (Å²) in [6.45, 7) is 8.53. The largest absolute Gasteiger partial charge is 0.490 e. The zero-order chi connectivity index (χ0) is 24.4. The number of carbonyl (C=O) groups excluding carboxylic acids is 2. The lowest BCUT2D eigenvalue weighted by atomic mass is 10.0.